The van der Waals surface area contributed by atoms with Gasteiger partial charge in [0.1, 0.15) is 0 Å². The van der Waals surface area contributed by atoms with Crippen molar-refractivity contribution < 1.29 is 4.79 Å². The van der Waals surface area contributed by atoms with Crippen LogP contribution in [0.2, 0.25) is 0 Å². The van der Waals surface area contributed by atoms with Crippen LogP contribution in [-0.4, -0.2) is 16.6 Å². The van der Waals surface area contributed by atoms with Gasteiger partial charge in [-0.3, -0.25) is 9.69 Å². The minimum absolute atomic E-state index is 0.149. The smallest absolute Gasteiger partial charge is 0.195 e. The summed E-state index contributed by atoms with van der Waals surface area (Å²) in [5.41, 5.74) is 2.51. The average Bonchev–Trinajstić information content (AvgIpc) is 2.61. The lowest BCUT2D eigenvalue weighted by molar-refractivity contribution is -0.111. The van der Waals surface area contributed by atoms with E-state index in [1.54, 1.807) is 12.2 Å². The van der Waals surface area contributed by atoms with Gasteiger partial charge in [0.2, 0.25) is 0 Å². The maximum Gasteiger partial charge on any atom is 0.195 e. The Hall–Kier alpha value is -1.62. The number of allylic oxidation sites excluding steroid dienone is 2. The van der Waals surface area contributed by atoms with Gasteiger partial charge in [0.15, 0.2) is 5.12 Å². The summed E-state index contributed by atoms with van der Waals surface area (Å²) in [6, 6.07) is 20.7. The normalized spacial score (nSPS) is 11.5. The van der Waals surface area contributed by atoms with E-state index in [-0.39, 0.29) is 5.12 Å². The SMILES string of the molecule is C=C/C=C(/Br)SC(=O)CCN(Cc1ccccc1)Cc1ccccc1. The summed E-state index contributed by atoms with van der Waals surface area (Å²) < 4.78 is 0.796. The molecule has 0 unspecified atom stereocenters. The zero-order valence-corrected chi connectivity index (χ0v) is 16.5. The molecule has 2 aromatic rings. The molecule has 0 N–H and O–H groups in total. The van der Waals surface area contributed by atoms with Gasteiger partial charge in [0, 0.05) is 26.1 Å². The largest absolute Gasteiger partial charge is 0.294 e. The fourth-order valence-corrected chi connectivity index (χ4v) is 3.74. The summed E-state index contributed by atoms with van der Waals surface area (Å²) in [6.45, 7) is 6.02. The second-order valence-corrected chi connectivity index (χ2v) is 8.09. The van der Waals surface area contributed by atoms with Crippen LogP contribution >= 0.6 is 27.7 Å². The van der Waals surface area contributed by atoms with Crippen LogP contribution in [0.25, 0.3) is 0 Å². The number of thioether (sulfide) groups is 1. The van der Waals surface area contributed by atoms with Gasteiger partial charge in [0.25, 0.3) is 0 Å². The Bertz CT molecular complexity index is 659. The van der Waals surface area contributed by atoms with Crippen molar-refractivity contribution in [1.82, 2.24) is 4.90 Å². The molecule has 0 radical (unpaired) electrons. The van der Waals surface area contributed by atoms with E-state index in [4.69, 9.17) is 0 Å². The first kappa shape index (κ1) is 19.7. The topological polar surface area (TPSA) is 20.3 Å². The van der Waals surface area contributed by atoms with E-state index in [0.29, 0.717) is 6.42 Å². The molecule has 25 heavy (non-hydrogen) atoms. The van der Waals surface area contributed by atoms with Gasteiger partial charge in [-0.05, 0) is 44.9 Å². The van der Waals surface area contributed by atoms with Crippen molar-refractivity contribution in [2.75, 3.05) is 6.54 Å². The van der Waals surface area contributed by atoms with E-state index >= 15 is 0 Å². The summed E-state index contributed by atoms with van der Waals surface area (Å²) in [7, 11) is 0. The molecule has 130 valence electrons. The number of rotatable bonds is 9. The Morgan fingerprint density at radius 3 is 2.00 bits per heavy atom. The number of hydrogen-bond donors (Lipinski definition) is 0. The Balaban J connectivity index is 1.97. The molecule has 0 bridgehead atoms. The predicted molar refractivity (Wildman–Crippen MR) is 111 cm³/mol. The molecule has 0 aliphatic carbocycles. The van der Waals surface area contributed by atoms with Crippen LogP contribution in [0.5, 0.6) is 0 Å². The van der Waals surface area contributed by atoms with Crippen molar-refractivity contribution in [3.63, 3.8) is 0 Å². The van der Waals surface area contributed by atoms with E-state index < -0.39 is 0 Å². The maximum atomic E-state index is 12.2. The molecular weight excluding hydrogens is 394 g/mol. The third-order valence-corrected chi connectivity index (χ3v) is 5.10. The monoisotopic (exact) mass is 415 g/mol. The summed E-state index contributed by atoms with van der Waals surface area (Å²) in [5.74, 6) is 0. The maximum absolute atomic E-state index is 12.2. The van der Waals surface area contributed by atoms with Gasteiger partial charge in [-0.25, -0.2) is 0 Å². The summed E-state index contributed by atoms with van der Waals surface area (Å²) in [5, 5.41) is 0.149. The van der Waals surface area contributed by atoms with Crippen LogP contribution in [0, 0.1) is 0 Å². The van der Waals surface area contributed by atoms with E-state index in [0.717, 1.165) is 23.4 Å². The molecule has 0 spiro atoms. The predicted octanol–water partition coefficient (Wildman–Crippen LogP) is 5.76. The molecule has 0 saturated heterocycles. The highest BCUT2D eigenvalue weighted by Crippen LogP contribution is 2.24. The zero-order chi connectivity index (χ0) is 17.9. The summed E-state index contributed by atoms with van der Waals surface area (Å²) >= 11 is 4.59. The molecule has 0 aliphatic rings. The molecular formula is C21H22BrNOS. The molecule has 0 atom stereocenters. The third-order valence-electron chi connectivity index (χ3n) is 3.59. The van der Waals surface area contributed by atoms with Crippen LogP contribution in [0.15, 0.2) is 83.2 Å². The molecule has 0 amide bonds. The highest BCUT2D eigenvalue weighted by atomic mass is 79.9. The first-order valence-corrected chi connectivity index (χ1v) is 9.77. The number of halogens is 1. The van der Waals surface area contributed by atoms with Crippen LogP contribution in [-0.2, 0) is 17.9 Å². The fraction of sp³-hybridized carbons (Fsp3) is 0.190. The molecule has 0 aliphatic heterocycles. The van der Waals surface area contributed by atoms with Crippen molar-refractivity contribution >= 4 is 32.8 Å². The van der Waals surface area contributed by atoms with E-state index in [1.807, 2.05) is 36.4 Å². The zero-order valence-electron chi connectivity index (χ0n) is 14.1. The van der Waals surface area contributed by atoms with Gasteiger partial charge < -0.3 is 0 Å². The number of carbonyl (C=O) groups excluding carboxylic acids is 1. The van der Waals surface area contributed by atoms with Crippen molar-refractivity contribution in [1.29, 1.82) is 0 Å². The van der Waals surface area contributed by atoms with Gasteiger partial charge in [-0.2, -0.15) is 0 Å². The van der Waals surface area contributed by atoms with Crippen molar-refractivity contribution in [3.05, 3.63) is 94.3 Å². The molecule has 2 rings (SSSR count). The van der Waals surface area contributed by atoms with Crippen LogP contribution in [0.4, 0.5) is 0 Å². The Labute approximate surface area is 162 Å². The average molecular weight is 416 g/mol. The second-order valence-electron chi connectivity index (χ2n) is 5.61. The summed E-state index contributed by atoms with van der Waals surface area (Å²) in [6.07, 6.45) is 3.96. The van der Waals surface area contributed by atoms with E-state index in [2.05, 4.69) is 51.7 Å². The molecule has 2 nitrogen and oxygen atoms in total. The first-order chi connectivity index (χ1) is 12.2. The van der Waals surface area contributed by atoms with Crippen molar-refractivity contribution in [2.24, 2.45) is 0 Å². The lowest BCUT2D eigenvalue weighted by atomic mass is 10.1. The third kappa shape index (κ3) is 7.86. The van der Waals surface area contributed by atoms with Gasteiger partial charge in [-0.1, -0.05) is 73.3 Å². The minimum atomic E-state index is 0.149. The summed E-state index contributed by atoms with van der Waals surface area (Å²) in [4.78, 5) is 14.5. The Morgan fingerprint density at radius 1 is 1.00 bits per heavy atom. The quantitative estimate of drug-likeness (QED) is 0.485. The number of benzene rings is 2. The molecule has 0 fully saturated rings. The van der Waals surface area contributed by atoms with Gasteiger partial charge >= 0.3 is 0 Å². The van der Waals surface area contributed by atoms with Crippen LogP contribution in [0.3, 0.4) is 0 Å². The Kier molecular flexibility index (Phi) is 8.73. The number of carbonyl (C=O) groups is 1. The molecule has 0 saturated carbocycles. The molecule has 2 aromatic carbocycles. The van der Waals surface area contributed by atoms with E-state index in [9.17, 15) is 4.79 Å². The Morgan fingerprint density at radius 2 is 1.52 bits per heavy atom. The van der Waals surface area contributed by atoms with Gasteiger partial charge in [0.05, 0.1) is 3.81 Å². The highest BCUT2D eigenvalue weighted by Gasteiger charge is 2.11. The van der Waals surface area contributed by atoms with Crippen LogP contribution < -0.4 is 0 Å². The highest BCUT2D eigenvalue weighted by molar-refractivity contribution is 9.14. The number of nitrogens with zero attached hydrogens (tertiary/aromatic N) is 1. The first-order valence-electron chi connectivity index (χ1n) is 8.16. The number of hydrogen-bond acceptors (Lipinski definition) is 3. The molecule has 0 aromatic heterocycles. The lowest BCUT2D eigenvalue weighted by Gasteiger charge is -2.22. The van der Waals surface area contributed by atoms with Crippen LogP contribution in [0.1, 0.15) is 17.5 Å². The lowest BCUT2D eigenvalue weighted by Crippen LogP contribution is -2.25. The molecule has 4 heteroatoms. The molecule has 0 heterocycles. The van der Waals surface area contributed by atoms with Crippen molar-refractivity contribution in [3.8, 4) is 0 Å². The standard InChI is InChI=1S/C21H22BrNOS/c1-2-9-20(22)25-21(24)14-15-23(16-18-10-5-3-6-11-18)17-19-12-7-4-8-13-19/h2-13H,1,14-17H2/b20-9-. The minimum Gasteiger partial charge on any atom is -0.294 e. The second kappa shape index (κ2) is 11.1. The fourth-order valence-electron chi connectivity index (χ4n) is 2.43. The van der Waals surface area contributed by atoms with E-state index in [1.165, 1.54) is 22.9 Å². The van der Waals surface area contributed by atoms with Crippen molar-refractivity contribution in [2.45, 2.75) is 19.5 Å². The van der Waals surface area contributed by atoms with Gasteiger partial charge in [-0.15, -0.1) is 0 Å².